The molecule has 2 atom stereocenters. The highest BCUT2D eigenvalue weighted by Crippen LogP contribution is 2.47. The van der Waals surface area contributed by atoms with E-state index in [-0.39, 0.29) is 0 Å². The van der Waals surface area contributed by atoms with Gasteiger partial charge >= 0.3 is 0 Å². The van der Waals surface area contributed by atoms with Crippen molar-refractivity contribution < 1.29 is 4.74 Å². The summed E-state index contributed by atoms with van der Waals surface area (Å²) in [5.41, 5.74) is 3.21. The maximum atomic E-state index is 5.54. The minimum Gasteiger partial charge on any atom is -0.381 e. The molecule has 3 rings (SSSR count). The van der Waals surface area contributed by atoms with Gasteiger partial charge in [0.05, 0.1) is 0 Å². The van der Waals surface area contributed by atoms with E-state index in [4.69, 9.17) is 4.74 Å². The van der Waals surface area contributed by atoms with Crippen molar-refractivity contribution in [2.75, 3.05) is 13.2 Å². The zero-order chi connectivity index (χ0) is 14.1. The van der Waals surface area contributed by atoms with Gasteiger partial charge in [0, 0.05) is 17.7 Å². The lowest BCUT2D eigenvalue weighted by atomic mass is 9.78. The zero-order valence-electron chi connectivity index (χ0n) is 12.6. The molecule has 1 aromatic rings. The van der Waals surface area contributed by atoms with Crippen LogP contribution in [0.3, 0.4) is 0 Å². The average Bonchev–Trinajstić information content (AvgIpc) is 2.79. The molecule has 0 bridgehead atoms. The van der Waals surface area contributed by atoms with Gasteiger partial charge in [-0.05, 0) is 72.6 Å². The lowest BCUT2D eigenvalue weighted by Crippen LogP contribution is -2.18. The Morgan fingerprint density at radius 1 is 0.950 bits per heavy atom. The largest absolute Gasteiger partial charge is 0.381 e. The summed E-state index contributed by atoms with van der Waals surface area (Å²) in [4.78, 5) is 0. The normalized spacial score (nSPS) is 31.6. The highest BCUT2D eigenvalue weighted by Gasteiger charge is 2.34. The fraction of sp³-hybridized carbons (Fsp3) is 0.667. The van der Waals surface area contributed by atoms with E-state index in [1.165, 1.54) is 30.2 Å². The van der Waals surface area contributed by atoms with Crippen LogP contribution >= 0.6 is 15.9 Å². The Labute approximate surface area is 131 Å². The first-order valence-electron chi connectivity index (χ1n) is 8.04. The summed E-state index contributed by atoms with van der Waals surface area (Å²) < 4.78 is 6.77. The van der Waals surface area contributed by atoms with Crippen LogP contribution < -0.4 is 0 Å². The van der Waals surface area contributed by atoms with Crippen molar-refractivity contribution in [3.8, 4) is 0 Å². The molecule has 2 heteroatoms. The van der Waals surface area contributed by atoms with Crippen LogP contribution in [0.1, 0.15) is 62.5 Å². The molecular weight excluding hydrogens is 312 g/mol. The topological polar surface area (TPSA) is 9.23 Å². The Morgan fingerprint density at radius 3 is 2.25 bits per heavy atom. The molecule has 110 valence electrons. The number of benzene rings is 1. The van der Waals surface area contributed by atoms with Crippen LogP contribution in [0.15, 0.2) is 22.7 Å². The second-order valence-electron chi connectivity index (χ2n) is 6.72. The van der Waals surface area contributed by atoms with Crippen molar-refractivity contribution in [3.05, 3.63) is 33.8 Å². The Kier molecular flexibility index (Phi) is 4.52. The van der Waals surface area contributed by atoms with Crippen LogP contribution in [0.4, 0.5) is 0 Å². The van der Waals surface area contributed by atoms with Gasteiger partial charge in [0.1, 0.15) is 0 Å². The molecule has 2 unspecified atom stereocenters. The molecule has 1 nitrogen and oxygen atoms in total. The molecule has 0 amide bonds. The molecule has 0 N–H and O–H groups in total. The summed E-state index contributed by atoms with van der Waals surface area (Å²) in [5.74, 6) is 3.08. The number of hydrogen-bond donors (Lipinski definition) is 0. The maximum absolute atomic E-state index is 5.54. The molecule has 1 saturated carbocycles. The van der Waals surface area contributed by atoms with Crippen molar-refractivity contribution in [3.63, 3.8) is 0 Å². The highest BCUT2D eigenvalue weighted by atomic mass is 79.9. The molecule has 2 fully saturated rings. The highest BCUT2D eigenvalue weighted by molar-refractivity contribution is 9.10. The van der Waals surface area contributed by atoms with E-state index in [2.05, 4.69) is 48.0 Å². The second-order valence-corrected chi connectivity index (χ2v) is 7.63. The molecule has 0 radical (unpaired) electrons. The summed E-state index contributed by atoms with van der Waals surface area (Å²) in [6, 6.07) is 6.99. The number of hydrogen-bond acceptors (Lipinski definition) is 1. The molecule has 0 aromatic heterocycles. The van der Waals surface area contributed by atoms with Crippen molar-refractivity contribution in [1.82, 2.24) is 0 Å². The molecule has 2 aliphatic rings. The maximum Gasteiger partial charge on any atom is 0.0471 e. The van der Waals surface area contributed by atoms with E-state index in [0.717, 1.165) is 31.0 Å². The summed E-state index contributed by atoms with van der Waals surface area (Å²) >= 11 is 3.68. The smallest absolute Gasteiger partial charge is 0.0471 e. The van der Waals surface area contributed by atoms with Gasteiger partial charge in [-0.3, -0.25) is 0 Å². The Balaban J connectivity index is 1.97. The fourth-order valence-electron chi connectivity index (χ4n) is 4.27. The van der Waals surface area contributed by atoms with Crippen molar-refractivity contribution >= 4 is 15.9 Å². The van der Waals surface area contributed by atoms with Gasteiger partial charge in [-0.15, -0.1) is 0 Å². The fourth-order valence-corrected chi connectivity index (χ4v) is 4.65. The van der Waals surface area contributed by atoms with Gasteiger partial charge in [-0.2, -0.15) is 0 Å². The first-order chi connectivity index (χ1) is 9.66. The number of halogens is 1. The first-order valence-corrected chi connectivity index (χ1v) is 8.83. The standard InChI is InChI=1S/C18H25BrO/c1-12-3-4-13(2)18(12)17-11-15(19)5-6-16(17)14-7-9-20-10-8-14/h5-6,11-14,18H,3-4,7-10H2,1-2H3. The summed E-state index contributed by atoms with van der Waals surface area (Å²) in [5, 5.41) is 0. The van der Waals surface area contributed by atoms with Crippen molar-refractivity contribution in [2.45, 2.75) is 51.4 Å². The predicted octanol–water partition coefficient (Wildman–Crippen LogP) is 5.49. The van der Waals surface area contributed by atoms with Gasteiger partial charge in [-0.1, -0.05) is 35.8 Å². The Morgan fingerprint density at radius 2 is 1.60 bits per heavy atom. The molecule has 1 saturated heterocycles. The minimum atomic E-state index is 0.701. The van der Waals surface area contributed by atoms with E-state index < -0.39 is 0 Å². The van der Waals surface area contributed by atoms with E-state index >= 15 is 0 Å². The molecule has 20 heavy (non-hydrogen) atoms. The molecule has 1 heterocycles. The first kappa shape index (κ1) is 14.6. The molecule has 0 spiro atoms. The third-order valence-electron chi connectivity index (χ3n) is 5.37. The average molecular weight is 337 g/mol. The van der Waals surface area contributed by atoms with Crippen LogP contribution in [0, 0.1) is 11.8 Å². The van der Waals surface area contributed by atoms with Crippen LogP contribution in [0.2, 0.25) is 0 Å². The summed E-state index contributed by atoms with van der Waals surface area (Å²) in [6.07, 6.45) is 5.13. The van der Waals surface area contributed by atoms with Crippen LogP contribution in [0.5, 0.6) is 0 Å². The van der Waals surface area contributed by atoms with Gasteiger partial charge in [0.15, 0.2) is 0 Å². The Hall–Kier alpha value is -0.340. The van der Waals surface area contributed by atoms with Gasteiger partial charge in [-0.25, -0.2) is 0 Å². The van der Waals surface area contributed by atoms with Gasteiger partial charge in [0.2, 0.25) is 0 Å². The summed E-state index contributed by atoms with van der Waals surface area (Å²) in [6.45, 7) is 6.72. The monoisotopic (exact) mass is 336 g/mol. The van der Waals surface area contributed by atoms with E-state index in [9.17, 15) is 0 Å². The van der Waals surface area contributed by atoms with E-state index in [0.29, 0.717) is 5.92 Å². The van der Waals surface area contributed by atoms with Crippen LogP contribution in [0.25, 0.3) is 0 Å². The molecule has 1 aliphatic carbocycles. The van der Waals surface area contributed by atoms with E-state index in [1.54, 1.807) is 11.1 Å². The lowest BCUT2D eigenvalue weighted by Gasteiger charge is -2.29. The zero-order valence-corrected chi connectivity index (χ0v) is 14.2. The van der Waals surface area contributed by atoms with Gasteiger partial charge in [0.25, 0.3) is 0 Å². The van der Waals surface area contributed by atoms with Crippen LogP contribution in [-0.4, -0.2) is 13.2 Å². The van der Waals surface area contributed by atoms with Crippen molar-refractivity contribution in [2.24, 2.45) is 11.8 Å². The van der Waals surface area contributed by atoms with Gasteiger partial charge < -0.3 is 4.74 Å². The third kappa shape index (κ3) is 2.82. The number of rotatable bonds is 2. The third-order valence-corrected chi connectivity index (χ3v) is 5.87. The predicted molar refractivity (Wildman–Crippen MR) is 87.2 cm³/mol. The van der Waals surface area contributed by atoms with Crippen LogP contribution in [-0.2, 0) is 4.74 Å². The lowest BCUT2D eigenvalue weighted by molar-refractivity contribution is 0.0850. The minimum absolute atomic E-state index is 0.701. The quantitative estimate of drug-likeness (QED) is 0.693. The number of ether oxygens (including phenoxy) is 1. The SMILES string of the molecule is CC1CCC(C)C1c1cc(Br)ccc1C1CCOCC1. The second kappa shape index (κ2) is 6.19. The van der Waals surface area contributed by atoms with E-state index in [1.807, 2.05) is 0 Å². The molecule has 1 aliphatic heterocycles. The Bertz CT molecular complexity index is 454. The summed E-state index contributed by atoms with van der Waals surface area (Å²) in [7, 11) is 0. The molecule has 1 aromatic carbocycles. The molecular formula is C18H25BrO. The van der Waals surface area contributed by atoms with Crippen molar-refractivity contribution in [1.29, 1.82) is 0 Å².